The standard InChI is InChI=1S/C8H8N6O2/c9-8-14-13-7(16-8)5-3-1-2-4(11-5)6(15)12-10/h1-3H,10H2,(H2,9,14)(H,12,15). The number of anilines is 1. The predicted molar refractivity (Wildman–Crippen MR) is 53.6 cm³/mol. The quantitative estimate of drug-likeness (QED) is 0.346. The molecule has 0 saturated carbocycles. The molecule has 0 aliphatic carbocycles. The molecule has 0 aliphatic heterocycles. The summed E-state index contributed by atoms with van der Waals surface area (Å²) in [5, 5.41) is 7.13. The van der Waals surface area contributed by atoms with E-state index in [1.54, 1.807) is 12.1 Å². The first-order valence-electron chi connectivity index (χ1n) is 4.28. The molecule has 0 spiro atoms. The Morgan fingerprint density at radius 2 is 2.19 bits per heavy atom. The fraction of sp³-hybridized carbons (Fsp3) is 0. The van der Waals surface area contributed by atoms with E-state index in [-0.39, 0.29) is 17.6 Å². The van der Waals surface area contributed by atoms with Gasteiger partial charge in [-0.3, -0.25) is 10.2 Å². The molecule has 82 valence electrons. The van der Waals surface area contributed by atoms with E-state index in [1.165, 1.54) is 6.07 Å². The monoisotopic (exact) mass is 220 g/mol. The third-order valence-electron chi connectivity index (χ3n) is 1.77. The number of hydrogen-bond donors (Lipinski definition) is 3. The van der Waals surface area contributed by atoms with Crippen LogP contribution in [0.5, 0.6) is 0 Å². The Bertz CT molecular complexity index is 523. The second-order valence-electron chi connectivity index (χ2n) is 2.83. The smallest absolute Gasteiger partial charge is 0.313 e. The van der Waals surface area contributed by atoms with Crippen molar-refractivity contribution < 1.29 is 9.21 Å². The minimum absolute atomic E-state index is 0.0644. The molecular weight excluding hydrogens is 212 g/mol. The maximum absolute atomic E-state index is 11.2. The number of hydrogen-bond acceptors (Lipinski definition) is 7. The van der Waals surface area contributed by atoms with Gasteiger partial charge in [0.2, 0.25) is 0 Å². The number of amides is 1. The zero-order valence-corrected chi connectivity index (χ0v) is 8.04. The van der Waals surface area contributed by atoms with Crippen LogP contribution in [-0.4, -0.2) is 21.1 Å². The molecule has 2 aromatic rings. The average Bonchev–Trinajstić information content (AvgIpc) is 2.75. The summed E-state index contributed by atoms with van der Waals surface area (Å²) < 4.78 is 4.97. The Kier molecular flexibility index (Phi) is 2.48. The number of nitrogens with two attached hydrogens (primary N) is 2. The van der Waals surface area contributed by atoms with Gasteiger partial charge in [0, 0.05) is 0 Å². The lowest BCUT2D eigenvalue weighted by atomic mass is 10.3. The van der Waals surface area contributed by atoms with Crippen LogP contribution >= 0.6 is 0 Å². The van der Waals surface area contributed by atoms with Gasteiger partial charge in [0.05, 0.1) is 0 Å². The number of aromatic nitrogens is 3. The molecule has 0 atom stereocenters. The zero-order chi connectivity index (χ0) is 11.5. The van der Waals surface area contributed by atoms with Gasteiger partial charge in [-0.1, -0.05) is 11.2 Å². The highest BCUT2D eigenvalue weighted by atomic mass is 16.4. The van der Waals surface area contributed by atoms with E-state index in [0.717, 1.165) is 0 Å². The number of rotatable bonds is 2. The molecule has 1 amide bonds. The summed E-state index contributed by atoms with van der Waals surface area (Å²) in [5.74, 6) is 4.62. The molecule has 0 radical (unpaired) electrons. The molecule has 2 heterocycles. The second kappa shape index (κ2) is 3.95. The SMILES string of the molecule is NNC(=O)c1cccc(-c2nnc(N)o2)n1. The number of nitrogens with zero attached hydrogens (tertiary/aromatic N) is 3. The van der Waals surface area contributed by atoms with E-state index in [4.69, 9.17) is 16.0 Å². The molecular formula is C8H8N6O2. The first-order chi connectivity index (χ1) is 7.70. The van der Waals surface area contributed by atoms with E-state index < -0.39 is 5.91 Å². The summed E-state index contributed by atoms with van der Waals surface area (Å²) in [6, 6.07) is 4.67. The van der Waals surface area contributed by atoms with Crippen LogP contribution in [0.2, 0.25) is 0 Å². The molecule has 0 fully saturated rings. The van der Waals surface area contributed by atoms with E-state index in [1.807, 2.05) is 5.43 Å². The van der Waals surface area contributed by atoms with Crippen molar-refractivity contribution in [2.24, 2.45) is 5.84 Å². The van der Waals surface area contributed by atoms with E-state index in [0.29, 0.717) is 5.69 Å². The zero-order valence-electron chi connectivity index (χ0n) is 8.04. The third kappa shape index (κ3) is 1.81. The number of nitrogens with one attached hydrogen (secondary N) is 1. The maximum Gasteiger partial charge on any atom is 0.313 e. The van der Waals surface area contributed by atoms with Gasteiger partial charge in [0.15, 0.2) is 0 Å². The van der Waals surface area contributed by atoms with Crippen molar-refractivity contribution in [3.05, 3.63) is 23.9 Å². The topological polar surface area (TPSA) is 133 Å². The molecule has 0 bridgehead atoms. The van der Waals surface area contributed by atoms with Gasteiger partial charge in [0.25, 0.3) is 11.8 Å². The summed E-state index contributed by atoms with van der Waals surface area (Å²) in [6.45, 7) is 0. The molecule has 0 unspecified atom stereocenters. The van der Waals surface area contributed by atoms with Crippen molar-refractivity contribution in [1.29, 1.82) is 0 Å². The molecule has 8 nitrogen and oxygen atoms in total. The average molecular weight is 220 g/mol. The van der Waals surface area contributed by atoms with Crippen LogP contribution in [-0.2, 0) is 0 Å². The minimum Gasteiger partial charge on any atom is -0.402 e. The molecule has 5 N–H and O–H groups in total. The van der Waals surface area contributed by atoms with Crippen LogP contribution in [0.15, 0.2) is 22.6 Å². The Hall–Kier alpha value is -2.48. The highest BCUT2D eigenvalue weighted by molar-refractivity contribution is 5.92. The van der Waals surface area contributed by atoms with Crippen molar-refractivity contribution in [2.75, 3.05) is 5.73 Å². The van der Waals surface area contributed by atoms with Crippen molar-refractivity contribution >= 4 is 11.9 Å². The Morgan fingerprint density at radius 3 is 2.81 bits per heavy atom. The number of pyridine rings is 1. The van der Waals surface area contributed by atoms with Crippen LogP contribution in [0.25, 0.3) is 11.6 Å². The van der Waals surface area contributed by atoms with E-state index in [9.17, 15) is 4.79 Å². The molecule has 8 heteroatoms. The van der Waals surface area contributed by atoms with E-state index in [2.05, 4.69) is 15.2 Å². The van der Waals surface area contributed by atoms with Gasteiger partial charge in [-0.25, -0.2) is 10.8 Å². The molecule has 2 aromatic heterocycles. The first kappa shape index (κ1) is 10.1. The van der Waals surface area contributed by atoms with E-state index >= 15 is 0 Å². The third-order valence-corrected chi connectivity index (χ3v) is 1.77. The molecule has 0 saturated heterocycles. The maximum atomic E-state index is 11.2. The van der Waals surface area contributed by atoms with Gasteiger partial charge >= 0.3 is 6.01 Å². The molecule has 16 heavy (non-hydrogen) atoms. The lowest BCUT2D eigenvalue weighted by Gasteiger charge is -1.99. The van der Waals surface area contributed by atoms with Crippen molar-refractivity contribution in [3.63, 3.8) is 0 Å². The van der Waals surface area contributed by atoms with Gasteiger partial charge in [-0.05, 0) is 12.1 Å². The molecule has 0 aromatic carbocycles. The van der Waals surface area contributed by atoms with Crippen LogP contribution in [0.4, 0.5) is 6.01 Å². The van der Waals surface area contributed by atoms with Crippen LogP contribution in [0, 0.1) is 0 Å². The predicted octanol–water partition coefficient (Wildman–Crippen LogP) is -0.683. The number of hydrazine groups is 1. The summed E-state index contributed by atoms with van der Waals surface area (Å²) in [7, 11) is 0. The normalized spacial score (nSPS) is 10.1. The molecule has 0 aliphatic rings. The lowest BCUT2D eigenvalue weighted by Crippen LogP contribution is -2.30. The number of carbonyl (C=O) groups excluding carboxylic acids is 1. The summed E-state index contributed by atoms with van der Waals surface area (Å²) in [4.78, 5) is 15.2. The highest BCUT2D eigenvalue weighted by Crippen LogP contribution is 2.16. The van der Waals surface area contributed by atoms with Crippen LogP contribution in [0.3, 0.4) is 0 Å². The number of carbonyl (C=O) groups is 1. The number of nitrogen functional groups attached to an aromatic ring is 2. The summed E-state index contributed by atoms with van der Waals surface area (Å²) >= 11 is 0. The van der Waals surface area contributed by atoms with Gasteiger partial charge in [0.1, 0.15) is 11.4 Å². The Morgan fingerprint density at radius 1 is 1.38 bits per heavy atom. The first-order valence-corrected chi connectivity index (χ1v) is 4.28. The fourth-order valence-corrected chi connectivity index (χ4v) is 1.09. The fourth-order valence-electron chi connectivity index (χ4n) is 1.09. The summed E-state index contributed by atoms with van der Waals surface area (Å²) in [5.41, 5.74) is 7.75. The Labute approximate surface area is 89.6 Å². The lowest BCUT2D eigenvalue weighted by molar-refractivity contribution is 0.0949. The highest BCUT2D eigenvalue weighted by Gasteiger charge is 2.11. The van der Waals surface area contributed by atoms with Gasteiger partial charge in [-0.15, -0.1) is 5.10 Å². The largest absolute Gasteiger partial charge is 0.402 e. The van der Waals surface area contributed by atoms with Crippen LogP contribution < -0.4 is 17.0 Å². The summed E-state index contributed by atoms with van der Waals surface area (Å²) in [6.07, 6.45) is 0. The van der Waals surface area contributed by atoms with Gasteiger partial charge in [-0.2, -0.15) is 0 Å². The van der Waals surface area contributed by atoms with Gasteiger partial charge < -0.3 is 10.2 Å². The Balaban J connectivity index is 2.39. The van der Waals surface area contributed by atoms with Crippen LogP contribution in [0.1, 0.15) is 10.5 Å². The van der Waals surface area contributed by atoms with Crippen molar-refractivity contribution in [1.82, 2.24) is 20.6 Å². The molecule has 2 rings (SSSR count). The van der Waals surface area contributed by atoms with Crippen molar-refractivity contribution in [3.8, 4) is 11.6 Å². The second-order valence-corrected chi connectivity index (χ2v) is 2.83. The van der Waals surface area contributed by atoms with Crippen molar-refractivity contribution in [2.45, 2.75) is 0 Å². The minimum atomic E-state index is -0.505.